The molecule has 0 aromatic heterocycles. The van der Waals surface area contributed by atoms with Gasteiger partial charge in [-0.25, -0.2) is 18.6 Å². The highest BCUT2D eigenvalue weighted by atomic mass is 32.2. The average Bonchev–Trinajstić information content (AvgIpc) is 3.34. The number of nitrogens with one attached hydrogen (secondary N) is 1. The van der Waals surface area contributed by atoms with Crippen LogP contribution in [0.25, 0.3) is 10.8 Å². The van der Waals surface area contributed by atoms with E-state index in [1.54, 1.807) is 49.9 Å². The maximum atomic E-state index is 13.8. The monoisotopic (exact) mass is 648 g/mol. The number of fused-ring (bicyclic) bond motifs is 2. The molecule has 1 N–H and O–H groups in total. The van der Waals surface area contributed by atoms with Gasteiger partial charge in [-0.2, -0.15) is 13.7 Å². The van der Waals surface area contributed by atoms with Gasteiger partial charge in [-0.15, -0.1) is 0 Å². The number of piperidine rings is 1. The van der Waals surface area contributed by atoms with Gasteiger partial charge in [0.1, 0.15) is 23.1 Å². The van der Waals surface area contributed by atoms with Gasteiger partial charge < -0.3 is 19.1 Å². The number of carbonyl (C=O) groups is 2. The molecule has 2 heterocycles. The number of nitriles is 1. The lowest BCUT2D eigenvalue weighted by Gasteiger charge is -2.33. The Morgan fingerprint density at radius 1 is 0.891 bits per heavy atom. The Morgan fingerprint density at radius 3 is 2.22 bits per heavy atom. The maximum absolute atomic E-state index is 13.8. The van der Waals surface area contributed by atoms with Crippen LogP contribution in [-0.4, -0.2) is 55.9 Å². The summed E-state index contributed by atoms with van der Waals surface area (Å²) in [6.07, 6.45) is 0.0324. The van der Waals surface area contributed by atoms with Crippen molar-refractivity contribution in [3.8, 4) is 11.8 Å². The van der Waals surface area contributed by atoms with E-state index < -0.39 is 33.5 Å². The molecule has 0 spiro atoms. The van der Waals surface area contributed by atoms with E-state index in [4.69, 9.17) is 14.2 Å². The summed E-state index contributed by atoms with van der Waals surface area (Å²) in [5, 5.41) is 11.1. The Labute approximate surface area is 270 Å². The smallest absolute Gasteiger partial charge is 0.422 e. The Bertz CT molecular complexity index is 1800. The van der Waals surface area contributed by atoms with Crippen molar-refractivity contribution in [2.75, 3.05) is 17.4 Å². The van der Waals surface area contributed by atoms with Crippen LogP contribution in [0.15, 0.2) is 54.6 Å². The third-order valence-corrected chi connectivity index (χ3v) is 9.02. The van der Waals surface area contributed by atoms with E-state index in [2.05, 4.69) is 10.8 Å². The molecule has 5 rings (SSSR count). The number of likely N-dealkylation sites (tertiary alicyclic amines) is 1. The topological polar surface area (TPSA) is 138 Å². The first-order valence-corrected chi connectivity index (χ1v) is 16.7. The highest BCUT2D eigenvalue weighted by molar-refractivity contribution is 7.91. The van der Waals surface area contributed by atoms with Crippen LogP contribution >= 0.6 is 0 Å². The van der Waals surface area contributed by atoms with Gasteiger partial charge in [0.2, 0.25) is 0 Å². The van der Waals surface area contributed by atoms with Gasteiger partial charge >= 0.3 is 22.4 Å². The fourth-order valence-corrected chi connectivity index (χ4v) is 7.01. The second kappa shape index (κ2) is 12.4. The van der Waals surface area contributed by atoms with Crippen molar-refractivity contribution in [2.24, 2.45) is 0 Å². The first-order chi connectivity index (χ1) is 21.5. The molecule has 1 atom stereocenters. The summed E-state index contributed by atoms with van der Waals surface area (Å²) in [7, 11) is -4.41. The van der Waals surface area contributed by atoms with Crippen molar-refractivity contribution in [1.82, 2.24) is 9.62 Å². The van der Waals surface area contributed by atoms with Gasteiger partial charge in [-0.3, -0.25) is 0 Å². The van der Waals surface area contributed by atoms with E-state index in [-0.39, 0.29) is 12.2 Å². The second-order valence-corrected chi connectivity index (χ2v) is 15.2. The van der Waals surface area contributed by atoms with Crippen molar-refractivity contribution in [2.45, 2.75) is 84.2 Å². The summed E-state index contributed by atoms with van der Waals surface area (Å²) in [6, 6.07) is 17.7. The van der Waals surface area contributed by atoms with Crippen LogP contribution < -0.4 is 13.8 Å². The maximum Gasteiger partial charge on any atom is 0.422 e. The van der Waals surface area contributed by atoms with Crippen LogP contribution in [0.4, 0.5) is 15.3 Å². The highest BCUT2D eigenvalue weighted by Crippen LogP contribution is 2.44. The number of ether oxygens (including phenoxy) is 3. The van der Waals surface area contributed by atoms with Crippen LogP contribution in [0.1, 0.15) is 77.1 Å². The predicted octanol–water partition coefficient (Wildman–Crippen LogP) is 6.36. The molecular formula is C34H40N4O7S. The van der Waals surface area contributed by atoms with Gasteiger partial charge in [0.05, 0.1) is 23.4 Å². The Hall–Kier alpha value is -4.50. The number of nitrogens with zero attached hydrogens (tertiary/aromatic N) is 3. The molecule has 0 saturated carbocycles. The van der Waals surface area contributed by atoms with Gasteiger partial charge in [-0.1, -0.05) is 18.2 Å². The lowest BCUT2D eigenvalue weighted by molar-refractivity contribution is 0.0126. The third kappa shape index (κ3) is 7.65. The molecule has 0 aliphatic carbocycles. The summed E-state index contributed by atoms with van der Waals surface area (Å²) >= 11 is 0. The highest BCUT2D eigenvalue weighted by Gasteiger charge is 2.40. The number of benzene rings is 3. The van der Waals surface area contributed by atoms with Crippen LogP contribution in [-0.2, 0) is 26.1 Å². The molecule has 1 unspecified atom stereocenters. The standard InChI is InChI=1S/C34H40N4O7S/c1-33(2,3)44-31(39)36-46(41,42)38-29-12-11-28(43-27-13-15-37(16-14-27)32(40)45-34(4,5)6)19-26(29)20-30(38)24-10-9-23-8-7-22(21-35)17-25(23)18-24/h7-12,17-19,27,30H,13-16,20H2,1-6H3,(H,36,39). The van der Waals surface area contributed by atoms with Crippen molar-refractivity contribution < 1.29 is 32.2 Å². The molecule has 3 aromatic carbocycles. The summed E-state index contributed by atoms with van der Waals surface area (Å²) in [6.45, 7) is 11.5. The van der Waals surface area contributed by atoms with Gasteiger partial charge in [0, 0.05) is 32.4 Å². The summed E-state index contributed by atoms with van der Waals surface area (Å²) < 4.78 is 48.0. The minimum Gasteiger partial charge on any atom is -0.490 e. The SMILES string of the molecule is CC(C)(C)OC(=O)NS(=O)(=O)N1c2ccc(OC3CCN(C(=O)OC(C)(C)C)CC3)cc2CC1c1ccc2ccc(C#N)cc2c1. The van der Waals surface area contributed by atoms with E-state index in [9.17, 15) is 23.3 Å². The zero-order chi connectivity index (χ0) is 33.4. The molecule has 0 radical (unpaired) electrons. The second-order valence-electron chi connectivity index (χ2n) is 13.6. The lowest BCUT2D eigenvalue weighted by atomic mass is 9.98. The normalized spacial score (nSPS) is 17.3. The molecule has 11 nitrogen and oxygen atoms in total. The van der Waals surface area contributed by atoms with Crippen molar-refractivity contribution in [1.29, 1.82) is 5.26 Å². The Kier molecular flexibility index (Phi) is 8.84. The number of carbonyl (C=O) groups excluding carboxylic acids is 2. The van der Waals surface area contributed by atoms with E-state index in [0.717, 1.165) is 16.3 Å². The molecule has 1 fully saturated rings. The van der Waals surface area contributed by atoms with Crippen molar-refractivity contribution >= 4 is 38.9 Å². The Morgan fingerprint density at radius 2 is 1.57 bits per heavy atom. The molecule has 244 valence electrons. The lowest BCUT2D eigenvalue weighted by Crippen LogP contribution is -2.45. The van der Waals surface area contributed by atoms with E-state index >= 15 is 0 Å². The number of hydrogen-bond donors (Lipinski definition) is 1. The van der Waals surface area contributed by atoms with Gasteiger partial charge in [-0.05, 0) is 99.8 Å². The Balaban J connectivity index is 1.40. The molecule has 2 aliphatic rings. The molecule has 12 heteroatoms. The third-order valence-electron chi connectivity index (χ3n) is 7.63. The first kappa shape index (κ1) is 32.9. The number of rotatable bonds is 5. The summed E-state index contributed by atoms with van der Waals surface area (Å²) in [5.74, 6) is 0.588. The van der Waals surface area contributed by atoms with Crippen LogP contribution in [0, 0.1) is 11.3 Å². The zero-order valence-corrected chi connectivity index (χ0v) is 27.8. The first-order valence-electron chi connectivity index (χ1n) is 15.3. The van der Waals surface area contributed by atoms with Crippen molar-refractivity contribution in [3.63, 3.8) is 0 Å². The fraction of sp³-hybridized carbons (Fsp3) is 0.441. The number of amides is 2. The van der Waals surface area contributed by atoms with Crippen LogP contribution in [0.5, 0.6) is 5.75 Å². The summed E-state index contributed by atoms with van der Waals surface area (Å²) in [4.78, 5) is 26.8. The van der Waals surface area contributed by atoms with E-state index in [0.29, 0.717) is 54.9 Å². The van der Waals surface area contributed by atoms with Crippen LogP contribution in [0.3, 0.4) is 0 Å². The quantitative estimate of drug-likeness (QED) is 0.337. The van der Waals surface area contributed by atoms with Crippen molar-refractivity contribution in [3.05, 3.63) is 71.3 Å². The van der Waals surface area contributed by atoms with E-state index in [1.807, 2.05) is 51.1 Å². The molecule has 0 bridgehead atoms. The minimum absolute atomic E-state index is 0.127. The molecule has 46 heavy (non-hydrogen) atoms. The summed E-state index contributed by atoms with van der Waals surface area (Å²) in [5.41, 5.74) is 0.879. The molecule has 2 aliphatic heterocycles. The molecule has 1 saturated heterocycles. The zero-order valence-electron chi connectivity index (χ0n) is 27.0. The largest absolute Gasteiger partial charge is 0.490 e. The number of hydrogen-bond acceptors (Lipinski definition) is 8. The predicted molar refractivity (Wildman–Crippen MR) is 174 cm³/mol. The van der Waals surface area contributed by atoms with E-state index in [1.165, 1.54) is 4.31 Å². The van der Waals surface area contributed by atoms with Gasteiger partial charge in [0.25, 0.3) is 0 Å². The van der Waals surface area contributed by atoms with Crippen LogP contribution in [0.2, 0.25) is 0 Å². The molecular weight excluding hydrogens is 608 g/mol. The average molecular weight is 649 g/mol. The van der Waals surface area contributed by atoms with Gasteiger partial charge in [0.15, 0.2) is 0 Å². The minimum atomic E-state index is -4.41. The molecule has 2 amide bonds. The fourth-order valence-electron chi connectivity index (χ4n) is 5.69. The number of anilines is 1. The molecule has 3 aromatic rings.